The van der Waals surface area contributed by atoms with Gasteiger partial charge in [0.1, 0.15) is 17.8 Å². The number of nitrogens with zero attached hydrogens (tertiary/aromatic N) is 4. The molecule has 0 radical (unpaired) electrons. The van der Waals surface area contributed by atoms with Crippen molar-refractivity contribution in [1.82, 2.24) is 19.3 Å². The van der Waals surface area contributed by atoms with Crippen molar-refractivity contribution >= 4 is 26.9 Å². The third-order valence-electron chi connectivity index (χ3n) is 4.70. The van der Waals surface area contributed by atoms with Crippen molar-refractivity contribution in [2.24, 2.45) is 11.8 Å². The Hall–Kier alpha value is -1.67. The van der Waals surface area contributed by atoms with Crippen molar-refractivity contribution in [2.75, 3.05) is 37.3 Å². The van der Waals surface area contributed by atoms with Crippen LogP contribution in [0.4, 0.5) is 5.82 Å². The van der Waals surface area contributed by atoms with E-state index in [2.05, 4.69) is 26.8 Å². The van der Waals surface area contributed by atoms with Crippen LogP contribution in [-0.4, -0.2) is 60.1 Å². The Bertz CT molecular complexity index is 788. The van der Waals surface area contributed by atoms with Crippen LogP contribution in [0.25, 0.3) is 11.0 Å². The Kier molecular flexibility index (Phi) is 4.29. The van der Waals surface area contributed by atoms with Crippen molar-refractivity contribution in [3.63, 3.8) is 0 Å². The van der Waals surface area contributed by atoms with E-state index in [0.717, 1.165) is 23.4 Å². The molecule has 1 aliphatic rings. The fraction of sp³-hybridized carbons (Fsp3) is 0.600. The van der Waals surface area contributed by atoms with Gasteiger partial charge in [-0.25, -0.2) is 22.7 Å². The highest BCUT2D eigenvalue weighted by Crippen LogP contribution is 2.28. The molecule has 0 spiro atoms. The van der Waals surface area contributed by atoms with E-state index in [4.69, 9.17) is 0 Å². The van der Waals surface area contributed by atoms with E-state index in [1.807, 2.05) is 19.3 Å². The molecule has 0 aromatic carbocycles. The van der Waals surface area contributed by atoms with Gasteiger partial charge in [-0.15, -0.1) is 0 Å². The lowest BCUT2D eigenvalue weighted by atomic mass is 9.98. The van der Waals surface area contributed by atoms with Gasteiger partial charge in [0.15, 0.2) is 0 Å². The molecule has 126 valence electrons. The zero-order valence-corrected chi connectivity index (χ0v) is 14.5. The van der Waals surface area contributed by atoms with Crippen molar-refractivity contribution in [1.29, 1.82) is 0 Å². The summed E-state index contributed by atoms with van der Waals surface area (Å²) in [4.78, 5) is 13.8. The molecule has 23 heavy (non-hydrogen) atoms. The predicted molar refractivity (Wildman–Crippen MR) is 90.8 cm³/mol. The van der Waals surface area contributed by atoms with Crippen LogP contribution in [0.2, 0.25) is 0 Å². The number of hydrogen-bond acceptors (Lipinski definition) is 5. The second-order valence-corrected chi connectivity index (χ2v) is 8.53. The fourth-order valence-corrected chi connectivity index (χ4v) is 4.48. The van der Waals surface area contributed by atoms with Gasteiger partial charge in [0.05, 0.1) is 11.1 Å². The molecule has 0 unspecified atom stereocenters. The normalized spacial score (nSPS) is 22.7. The van der Waals surface area contributed by atoms with Gasteiger partial charge in [-0.2, -0.15) is 0 Å². The first-order chi connectivity index (χ1) is 10.9. The Morgan fingerprint density at radius 3 is 2.91 bits per heavy atom. The average Bonchev–Trinajstić information content (AvgIpc) is 3.14. The number of aromatic nitrogens is 3. The number of H-pyrrole nitrogens is 1. The number of rotatable bonds is 5. The second kappa shape index (κ2) is 6.09. The number of aromatic amines is 1. The first-order valence-electron chi connectivity index (χ1n) is 7.89. The standard InChI is InChI=1S/C15H23N5O2S/c1-4-23(21,22)20-7-11(2)12(9-20)8-19(3)15-13-5-6-16-14(13)17-10-18-15/h5-6,10-12H,4,7-9H2,1-3H3,(H,16,17,18)/t11-,12+/m1/s1. The largest absolute Gasteiger partial charge is 0.359 e. The Morgan fingerprint density at radius 1 is 1.39 bits per heavy atom. The van der Waals surface area contributed by atoms with E-state index < -0.39 is 10.0 Å². The van der Waals surface area contributed by atoms with Crippen molar-refractivity contribution < 1.29 is 8.42 Å². The monoisotopic (exact) mass is 337 g/mol. The molecule has 3 heterocycles. The third-order valence-corrected chi connectivity index (χ3v) is 6.51. The number of hydrogen-bond donors (Lipinski definition) is 1. The van der Waals surface area contributed by atoms with Gasteiger partial charge in [0.2, 0.25) is 10.0 Å². The molecular weight excluding hydrogens is 314 g/mol. The van der Waals surface area contributed by atoms with Crippen LogP contribution < -0.4 is 4.90 Å². The van der Waals surface area contributed by atoms with Gasteiger partial charge in [-0.1, -0.05) is 6.92 Å². The van der Waals surface area contributed by atoms with E-state index in [1.165, 1.54) is 0 Å². The van der Waals surface area contributed by atoms with Crippen LogP contribution in [-0.2, 0) is 10.0 Å². The summed E-state index contributed by atoms with van der Waals surface area (Å²) in [5, 5.41) is 0.985. The SMILES string of the molecule is CCS(=O)(=O)N1C[C@H](CN(C)c2ncnc3[nH]ccc23)[C@H](C)C1. The van der Waals surface area contributed by atoms with Gasteiger partial charge in [-0.3, -0.25) is 0 Å². The second-order valence-electron chi connectivity index (χ2n) is 6.27. The van der Waals surface area contributed by atoms with Gasteiger partial charge in [0, 0.05) is 32.9 Å². The highest BCUT2D eigenvalue weighted by Gasteiger charge is 2.36. The lowest BCUT2D eigenvalue weighted by Gasteiger charge is -2.24. The Labute approximate surface area is 136 Å². The van der Waals surface area contributed by atoms with E-state index in [9.17, 15) is 8.42 Å². The number of sulfonamides is 1. The predicted octanol–water partition coefficient (Wildman–Crippen LogP) is 1.31. The van der Waals surface area contributed by atoms with Crippen molar-refractivity contribution in [3.8, 4) is 0 Å². The van der Waals surface area contributed by atoms with Crippen molar-refractivity contribution in [3.05, 3.63) is 18.6 Å². The summed E-state index contributed by atoms with van der Waals surface area (Å²) in [7, 11) is -1.11. The summed E-state index contributed by atoms with van der Waals surface area (Å²) in [6, 6.07) is 1.97. The Morgan fingerprint density at radius 2 is 2.17 bits per heavy atom. The van der Waals surface area contributed by atoms with Gasteiger partial charge in [0.25, 0.3) is 0 Å². The van der Waals surface area contributed by atoms with Crippen LogP contribution in [0.15, 0.2) is 18.6 Å². The molecule has 1 fully saturated rings. The van der Waals surface area contributed by atoms with E-state index in [0.29, 0.717) is 24.9 Å². The molecule has 1 saturated heterocycles. The summed E-state index contributed by atoms with van der Waals surface area (Å²) in [5.41, 5.74) is 0.816. The minimum atomic E-state index is -3.11. The molecule has 0 bridgehead atoms. The maximum atomic E-state index is 12.1. The fourth-order valence-electron chi connectivity index (χ4n) is 3.23. The first kappa shape index (κ1) is 16.2. The zero-order valence-electron chi connectivity index (χ0n) is 13.7. The van der Waals surface area contributed by atoms with Crippen LogP contribution in [0.1, 0.15) is 13.8 Å². The van der Waals surface area contributed by atoms with Crippen molar-refractivity contribution in [2.45, 2.75) is 13.8 Å². The molecule has 1 N–H and O–H groups in total. The smallest absolute Gasteiger partial charge is 0.213 e. The van der Waals surface area contributed by atoms with E-state index in [-0.39, 0.29) is 5.75 Å². The molecule has 2 aromatic rings. The lowest BCUT2D eigenvalue weighted by Crippen LogP contribution is -2.33. The molecule has 3 rings (SSSR count). The molecule has 2 atom stereocenters. The van der Waals surface area contributed by atoms with Crippen LogP contribution in [0, 0.1) is 11.8 Å². The molecule has 0 amide bonds. The molecule has 0 aliphatic carbocycles. The number of anilines is 1. The third kappa shape index (κ3) is 3.05. The van der Waals surface area contributed by atoms with Crippen LogP contribution in [0.3, 0.4) is 0 Å². The van der Waals surface area contributed by atoms with E-state index >= 15 is 0 Å². The first-order valence-corrected chi connectivity index (χ1v) is 9.50. The van der Waals surface area contributed by atoms with Crippen LogP contribution >= 0.6 is 0 Å². The summed E-state index contributed by atoms with van der Waals surface area (Å²) in [5.74, 6) is 1.67. The van der Waals surface area contributed by atoms with Gasteiger partial charge in [-0.05, 0) is 24.8 Å². The highest BCUT2D eigenvalue weighted by molar-refractivity contribution is 7.89. The minimum Gasteiger partial charge on any atom is -0.359 e. The summed E-state index contributed by atoms with van der Waals surface area (Å²) in [6.45, 7) is 5.79. The summed E-state index contributed by atoms with van der Waals surface area (Å²) in [6.07, 6.45) is 3.40. The molecular formula is C15H23N5O2S. The lowest BCUT2D eigenvalue weighted by molar-refractivity contribution is 0.450. The number of nitrogens with one attached hydrogen (secondary N) is 1. The molecule has 2 aromatic heterocycles. The Balaban J connectivity index is 1.76. The minimum absolute atomic E-state index is 0.165. The van der Waals surface area contributed by atoms with E-state index in [1.54, 1.807) is 17.6 Å². The molecule has 1 aliphatic heterocycles. The summed E-state index contributed by atoms with van der Waals surface area (Å²) >= 11 is 0. The molecule has 7 nitrogen and oxygen atoms in total. The average molecular weight is 337 g/mol. The maximum absolute atomic E-state index is 12.1. The van der Waals surface area contributed by atoms with Gasteiger partial charge >= 0.3 is 0 Å². The van der Waals surface area contributed by atoms with Crippen LogP contribution in [0.5, 0.6) is 0 Å². The molecule has 0 saturated carbocycles. The highest BCUT2D eigenvalue weighted by atomic mass is 32.2. The quantitative estimate of drug-likeness (QED) is 0.889. The number of fused-ring (bicyclic) bond motifs is 1. The van der Waals surface area contributed by atoms with Gasteiger partial charge < -0.3 is 9.88 Å². The zero-order chi connectivity index (χ0) is 16.6. The topological polar surface area (TPSA) is 82.2 Å². The summed E-state index contributed by atoms with van der Waals surface area (Å²) < 4.78 is 25.8. The molecule has 8 heteroatoms. The maximum Gasteiger partial charge on any atom is 0.213 e.